The summed E-state index contributed by atoms with van der Waals surface area (Å²) in [5, 5.41) is 3.89. The van der Waals surface area contributed by atoms with E-state index in [9.17, 15) is 14.0 Å². The Balaban J connectivity index is 1.50. The lowest BCUT2D eigenvalue weighted by Gasteiger charge is -2.08. The van der Waals surface area contributed by atoms with Crippen molar-refractivity contribution >= 4 is 33.4 Å². The Morgan fingerprint density at radius 1 is 1.19 bits per heavy atom. The van der Waals surface area contributed by atoms with Gasteiger partial charge in [0.05, 0.1) is 10.9 Å². The lowest BCUT2D eigenvalue weighted by atomic mass is 10.2. The first kappa shape index (κ1) is 15.7. The smallest absolute Gasteiger partial charge is 0.272 e. The fourth-order valence-electron chi connectivity index (χ4n) is 3.59. The zero-order valence-corrected chi connectivity index (χ0v) is 14.3. The van der Waals surface area contributed by atoms with Crippen LogP contribution in [0.2, 0.25) is 0 Å². The van der Waals surface area contributed by atoms with Gasteiger partial charge in [0.1, 0.15) is 17.3 Å². The zero-order valence-electron chi connectivity index (χ0n) is 14.3. The quantitative estimate of drug-likeness (QED) is 0.575. The van der Waals surface area contributed by atoms with Gasteiger partial charge < -0.3 is 10.3 Å². The summed E-state index contributed by atoms with van der Waals surface area (Å²) in [4.78, 5) is 32.7. The molecule has 0 fully saturated rings. The highest BCUT2D eigenvalue weighted by molar-refractivity contribution is 6.06. The first-order chi connectivity index (χ1) is 13.1. The Morgan fingerprint density at radius 3 is 2.96 bits per heavy atom. The van der Waals surface area contributed by atoms with Gasteiger partial charge in [-0.05, 0) is 48.9 Å². The standard InChI is InChI=1S/C20H15FN4O2/c21-12-3-5-15-11(8-12)9-17(23-15)19(26)22-13-4-6-16-14(10-13)20(27)25-7-1-2-18(25)24-16/h3-6,8-10,23H,1-2,7H2,(H,22,26). The predicted octanol–water partition coefficient (Wildman–Crippen LogP) is 3.22. The highest BCUT2D eigenvalue weighted by Gasteiger charge is 2.17. The topological polar surface area (TPSA) is 79.8 Å². The molecule has 0 atom stereocenters. The predicted molar refractivity (Wildman–Crippen MR) is 101 cm³/mol. The van der Waals surface area contributed by atoms with E-state index in [1.54, 1.807) is 34.9 Å². The summed E-state index contributed by atoms with van der Waals surface area (Å²) in [6, 6.07) is 11.0. The number of rotatable bonds is 2. The summed E-state index contributed by atoms with van der Waals surface area (Å²) in [6.07, 6.45) is 1.73. The van der Waals surface area contributed by atoms with Crippen LogP contribution >= 0.6 is 0 Å². The molecule has 2 N–H and O–H groups in total. The largest absolute Gasteiger partial charge is 0.351 e. The minimum Gasteiger partial charge on any atom is -0.351 e. The fourth-order valence-corrected chi connectivity index (χ4v) is 3.59. The number of anilines is 1. The molecule has 0 unspecified atom stereocenters. The van der Waals surface area contributed by atoms with Gasteiger partial charge in [-0.25, -0.2) is 9.37 Å². The molecule has 134 valence electrons. The highest BCUT2D eigenvalue weighted by atomic mass is 19.1. The first-order valence-electron chi connectivity index (χ1n) is 8.71. The molecule has 0 saturated heterocycles. The van der Waals surface area contributed by atoms with E-state index in [2.05, 4.69) is 15.3 Å². The molecule has 4 aromatic rings. The van der Waals surface area contributed by atoms with E-state index in [-0.39, 0.29) is 17.3 Å². The monoisotopic (exact) mass is 362 g/mol. The first-order valence-corrected chi connectivity index (χ1v) is 8.71. The maximum Gasteiger partial charge on any atom is 0.272 e. The molecule has 2 aromatic carbocycles. The van der Waals surface area contributed by atoms with Gasteiger partial charge in [0.15, 0.2) is 0 Å². The Kier molecular flexibility index (Phi) is 3.36. The fraction of sp³-hybridized carbons (Fsp3) is 0.150. The number of benzene rings is 2. The van der Waals surface area contributed by atoms with Gasteiger partial charge in [0.2, 0.25) is 0 Å². The number of H-pyrrole nitrogens is 1. The van der Waals surface area contributed by atoms with Crippen molar-refractivity contribution in [2.45, 2.75) is 19.4 Å². The Hall–Kier alpha value is -3.48. The normalized spacial score (nSPS) is 13.2. The Bertz CT molecular complexity index is 1290. The third kappa shape index (κ3) is 2.59. The molecule has 3 heterocycles. The van der Waals surface area contributed by atoms with E-state index in [1.165, 1.54) is 12.1 Å². The van der Waals surface area contributed by atoms with Crippen LogP contribution in [0, 0.1) is 5.82 Å². The van der Waals surface area contributed by atoms with Gasteiger partial charge in [-0.1, -0.05) is 0 Å². The molecule has 0 saturated carbocycles. The molecule has 0 aliphatic carbocycles. The number of amides is 1. The number of carbonyl (C=O) groups is 1. The number of aromatic amines is 1. The highest BCUT2D eigenvalue weighted by Crippen LogP contribution is 2.20. The van der Waals surface area contributed by atoms with Crippen LogP contribution in [0.25, 0.3) is 21.8 Å². The van der Waals surface area contributed by atoms with Crippen molar-refractivity contribution in [1.29, 1.82) is 0 Å². The van der Waals surface area contributed by atoms with Crippen LogP contribution in [0.5, 0.6) is 0 Å². The molecule has 5 rings (SSSR count). The number of aryl methyl sites for hydroxylation is 1. The van der Waals surface area contributed by atoms with Crippen molar-refractivity contribution in [3.63, 3.8) is 0 Å². The number of hydrogen-bond donors (Lipinski definition) is 2. The van der Waals surface area contributed by atoms with E-state index in [1.807, 2.05) is 0 Å². The molecular formula is C20H15FN4O2. The maximum atomic E-state index is 13.3. The van der Waals surface area contributed by atoms with E-state index in [4.69, 9.17) is 0 Å². The number of halogens is 1. The summed E-state index contributed by atoms with van der Waals surface area (Å²) in [7, 11) is 0. The maximum absolute atomic E-state index is 13.3. The summed E-state index contributed by atoms with van der Waals surface area (Å²) >= 11 is 0. The van der Waals surface area contributed by atoms with E-state index in [0.717, 1.165) is 18.7 Å². The van der Waals surface area contributed by atoms with Crippen LogP contribution < -0.4 is 10.9 Å². The summed E-state index contributed by atoms with van der Waals surface area (Å²) in [5.74, 6) is 0.0956. The van der Waals surface area contributed by atoms with E-state index >= 15 is 0 Å². The number of fused-ring (bicyclic) bond motifs is 3. The molecule has 1 amide bonds. The zero-order chi connectivity index (χ0) is 18.5. The third-order valence-electron chi connectivity index (χ3n) is 4.90. The second-order valence-electron chi connectivity index (χ2n) is 6.69. The van der Waals surface area contributed by atoms with Crippen LogP contribution in [0.1, 0.15) is 22.7 Å². The van der Waals surface area contributed by atoms with Gasteiger partial charge in [-0.15, -0.1) is 0 Å². The lowest BCUT2D eigenvalue weighted by Crippen LogP contribution is -2.21. The van der Waals surface area contributed by atoms with Crippen LogP contribution in [0.15, 0.2) is 47.3 Å². The molecule has 27 heavy (non-hydrogen) atoms. The number of nitrogens with zero attached hydrogens (tertiary/aromatic N) is 2. The molecule has 1 aliphatic rings. The van der Waals surface area contributed by atoms with E-state index in [0.29, 0.717) is 39.7 Å². The van der Waals surface area contributed by atoms with Crippen LogP contribution in [0.4, 0.5) is 10.1 Å². The van der Waals surface area contributed by atoms with Gasteiger partial charge in [0.25, 0.3) is 11.5 Å². The molecule has 2 aromatic heterocycles. The molecule has 0 spiro atoms. The van der Waals surface area contributed by atoms with Crippen molar-refractivity contribution in [3.05, 3.63) is 70.2 Å². The Labute approximate surface area is 152 Å². The number of nitrogens with one attached hydrogen (secondary N) is 2. The SMILES string of the molecule is O=C(Nc1ccc2nc3n(c(=O)c2c1)CCC3)c1cc2cc(F)ccc2[nH]1. The number of hydrogen-bond acceptors (Lipinski definition) is 3. The number of aromatic nitrogens is 3. The van der Waals surface area contributed by atoms with Gasteiger partial charge in [0, 0.05) is 29.6 Å². The summed E-state index contributed by atoms with van der Waals surface area (Å²) in [6.45, 7) is 0.680. The second kappa shape index (κ2) is 5.77. The lowest BCUT2D eigenvalue weighted by molar-refractivity contribution is 0.102. The average Bonchev–Trinajstić information content (AvgIpc) is 3.28. The minimum absolute atomic E-state index is 0.0790. The van der Waals surface area contributed by atoms with Gasteiger partial charge in [-0.3, -0.25) is 14.2 Å². The van der Waals surface area contributed by atoms with E-state index < -0.39 is 0 Å². The molecule has 6 nitrogen and oxygen atoms in total. The van der Waals surface area contributed by atoms with Crippen molar-refractivity contribution in [3.8, 4) is 0 Å². The van der Waals surface area contributed by atoms with Crippen LogP contribution in [0.3, 0.4) is 0 Å². The van der Waals surface area contributed by atoms with Crippen LogP contribution in [-0.2, 0) is 13.0 Å². The van der Waals surface area contributed by atoms with Gasteiger partial charge in [-0.2, -0.15) is 0 Å². The summed E-state index contributed by atoms with van der Waals surface area (Å²) < 4.78 is 15.0. The van der Waals surface area contributed by atoms with Crippen molar-refractivity contribution < 1.29 is 9.18 Å². The van der Waals surface area contributed by atoms with Gasteiger partial charge >= 0.3 is 0 Å². The molecule has 0 bridgehead atoms. The molecule has 0 radical (unpaired) electrons. The third-order valence-corrected chi connectivity index (χ3v) is 4.90. The van der Waals surface area contributed by atoms with Crippen molar-refractivity contribution in [1.82, 2.24) is 14.5 Å². The molecule has 1 aliphatic heterocycles. The Morgan fingerprint density at radius 2 is 2.07 bits per heavy atom. The minimum atomic E-state index is -0.361. The second-order valence-corrected chi connectivity index (χ2v) is 6.69. The molecule has 7 heteroatoms. The van der Waals surface area contributed by atoms with Crippen LogP contribution in [-0.4, -0.2) is 20.4 Å². The number of carbonyl (C=O) groups excluding carboxylic acids is 1. The summed E-state index contributed by atoms with van der Waals surface area (Å²) in [5.41, 5.74) is 2.06. The van der Waals surface area contributed by atoms with Crippen molar-refractivity contribution in [2.24, 2.45) is 0 Å². The average molecular weight is 362 g/mol. The molecular weight excluding hydrogens is 347 g/mol. The van der Waals surface area contributed by atoms with Crippen molar-refractivity contribution in [2.75, 3.05) is 5.32 Å².